The molecule has 1 heterocycles. The minimum Gasteiger partial charge on any atom is -0.380 e. The highest BCUT2D eigenvalue weighted by molar-refractivity contribution is 5.94. The molecule has 0 saturated heterocycles. The zero-order valence-corrected chi connectivity index (χ0v) is 14.5. The lowest BCUT2D eigenvalue weighted by Gasteiger charge is -2.10. The maximum absolute atomic E-state index is 13.7. The molecule has 0 fully saturated rings. The second-order valence-corrected chi connectivity index (χ2v) is 6.02. The van der Waals surface area contributed by atoms with Gasteiger partial charge in [-0.2, -0.15) is 0 Å². The SMILES string of the molecule is Cc1ccccc1CNC(=O)c1cncc(NCc2ccccc2F)c1. The third-order valence-corrected chi connectivity index (χ3v) is 4.14. The van der Waals surface area contributed by atoms with Gasteiger partial charge in [0.25, 0.3) is 5.91 Å². The highest BCUT2D eigenvalue weighted by Crippen LogP contribution is 2.13. The molecule has 0 unspecified atom stereocenters. The first-order chi connectivity index (χ1) is 12.6. The van der Waals surface area contributed by atoms with E-state index in [4.69, 9.17) is 0 Å². The maximum atomic E-state index is 13.7. The Morgan fingerprint density at radius 1 is 1.00 bits per heavy atom. The molecule has 3 rings (SSSR count). The molecule has 3 aromatic rings. The van der Waals surface area contributed by atoms with Gasteiger partial charge in [-0.1, -0.05) is 42.5 Å². The monoisotopic (exact) mass is 349 g/mol. The van der Waals surface area contributed by atoms with Crippen molar-refractivity contribution >= 4 is 11.6 Å². The number of benzene rings is 2. The minimum atomic E-state index is -0.264. The summed E-state index contributed by atoms with van der Waals surface area (Å²) in [7, 11) is 0. The average Bonchev–Trinajstić information content (AvgIpc) is 2.67. The van der Waals surface area contributed by atoms with E-state index >= 15 is 0 Å². The van der Waals surface area contributed by atoms with Gasteiger partial charge in [0.1, 0.15) is 5.82 Å². The molecule has 0 aliphatic carbocycles. The highest BCUT2D eigenvalue weighted by atomic mass is 19.1. The Morgan fingerprint density at radius 2 is 1.73 bits per heavy atom. The summed E-state index contributed by atoms with van der Waals surface area (Å²) in [4.78, 5) is 16.5. The van der Waals surface area contributed by atoms with Crippen molar-refractivity contribution in [1.82, 2.24) is 10.3 Å². The van der Waals surface area contributed by atoms with Gasteiger partial charge in [0.05, 0.1) is 11.3 Å². The van der Waals surface area contributed by atoms with Crippen LogP contribution in [-0.2, 0) is 13.1 Å². The Morgan fingerprint density at radius 3 is 2.50 bits per heavy atom. The van der Waals surface area contributed by atoms with Crippen molar-refractivity contribution in [3.8, 4) is 0 Å². The number of hydrogen-bond acceptors (Lipinski definition) is 3. The van der Waals surface area contributed by atoms with E-state index in [1.165, 1.54) is 12.3 Å². The Bertz CT molecular complexity index is 911. The molecule has 0 atom stereocenters. The molecule has 0 spiro atoms. The molecule has 132 valence electrons. The Kier molecular flexibility index (Phi) is 5.59. The number of halogens is 1. The van der Waals surface area contributed by atoms with Gasteiger partial charge in [-0.05, 0) is 30.2 Å². The summed E-state index contributed by atoms with van der Waals surface area (Å²) >= 11 is 0. The second-order valence-electron chi connectivity index (χ2n) is 6.02. The van der Waals surface area contributed by atoms with Crippen molar-refractivity contribution < 1.29 is 9.18 Å². The number of hydrogen-bond donors (Lipinski definition) is 2. The van der Waals surface area contributed by atoms with Crippen molar-refractivity contribution in [2.75, 3.05) is 5.32 Å². The standard InChI is InChI=1S/C21H20FN3O/c1-15-6-2-3-7-16(15)12-25-21(26)18-10-19(14-23-11-18)24-13-17-8-4-5-9-20(17)22/h2-11,14,24H,12-13H2,1H3,(H,25,26). The summed E-state index contributed by atoms with van der Waals surface area (Å²) in [5.41, 5.74) is 3.88. The molecule has 4 nitrogen and oxygen atoms in total. The fourth-order valence-corrected chi connectivity index (χ4v) is 2.59. The van der Waals surface area contributed by atoms with Gasteiger partial charge in [-0.25, -0.2) is 4.39 Å². The van der Waals surface area contributed by atoms with E-state index in [0.29, 0.717) is 29.9 Å². The van der Waals surface area contributed by atoms with Gasteiger partial charge >= 0.3 is 0 Å². The highest BCUT2D eigenvalue weighted by Gasteiger charge is 2.08. The molecule has 5 heteroatoms. The number of carbonyl (C=O) groups is 1. The van der Waals surface area contributed by atoms with E-state index in [-0.39, 0.29) is 11.7 Å². The number of nitrogens with one attached hydrogen (secondary N) is 2. The van der Waals surface area contributed by atoms with Crippen LogP contribution in [0, 0.1) is 12.7 Å². The van der Waals surface area contributed by atoms with Crippen LogP contribution < -0.4 is 10.6 Å². The Hall–Kier alpha value is -3.21. The van der Waals surface area contributed by atoms with Crippen molar-refractivity contribution in [3.63, 3.8) is 0 Å². The lowest BCUT2D eigenvalue weighted by molar-refractivity contribution is 0.0950. The van der Waals surface area contributed by atoms with Crippen molar-refractivity contribution in [3.05, 3.63) is 95.1 Å². The van der Waals surface area contributed by atoms with Crippen LogP contribution in [0.15, 0.2) is 67.0 Å². The van der Waals surface area contributed by atoms with Gasteiger partial charge < -0.3 is 10.6 Å². The number of amides is 1. The van der Waals surface area contributed by atoms with Gasteiger partial charge in [0.15, 0.2) is 0 Å². The van der Waals surface area contributed by atoms with Crippen LogP contribution in [0.5, 0.6) is 0 Å². The molecule has 0 aliphatic heterocycles. The van der Waals surface area contributed by atoms with E-state index in [0.717, 1.165) is 11.1 Å². The van der Waals surface area contributed by atoms with Crippen LogP contribution in [-0.4, -0.2) is 10.9 Å². The van der Waals surface area contributed by atoms with Crippen molar-refractivity contribution in [2.24, 2.45) is 0 Å². The van der Waals surface area contributed by atoms with Crippen LogP contribution in [0.2, 0.25) is 0 Å². The van der Waals surface area contributed by atoms with Crippen LogP contribution in [0.4, 0.5) is 10.1 Å². The average molecular weight is 349 g/mol. The summed E-state index contributed by atoms with van der Waals surface area (Å²) < 4.78 is 13.7. The van der Waals surface area contributed by atoms with Crippen LogP contribution in [0.1, 0.15) is 27.0 Å². The fraction of sp³-hybridized carbons (Fsp3) is 0.143. The summed E-state index contributed by atoms with van der Waals surface area (Å²) in [5.74, 6) is -0.463. The molecule has 0 radical (unpaired) electrons. The third-order valence-electron chi connectivity index (χ3n) is 4.14. The molecule has 2 aromatic carbocycles. The zero-order valence-electron chi connectivity index (χ0n) is 14.5. The maximum Gasteiger partial charge on any atom is 0.253 e. The van der Waals surface area contributed by atoms with Crippen LogP contribution >= 0.6 is 0 Å². The second kappa shape index (κ2) is 8.25. The first kappa shape index (κ1) is 17.6. The molecule has 0 saturated carbocycles. The Labute approximate surface area is 152 Å². The first-order valence-electron chi connectivity index (χ1n) is 8.38. The number of anilines is 1. The Balaban J connectivity index is 1.62. The van der Waals surface area contributed by atoms with Gasteiger partial charge in [0.2, 0.25) is 0 Å². The van der Waals surface area contributed by atoms with E-state index in [9.17, 15) is 9.18 Å². The van der Waals surface area contributed by atoms with E-state index in [2.05, 4.69) is 15.6 Å². The summed E-state index contributed by atoms with van der Waals surface area (Å²) in [5, 5.41) is 6.00. The summed E-state index contributed by atoms with van der Waals surface area (Å²) in [6.45, 7) is 2.79. The first-order valence-corrected chi connectivity index (χ1v) is 8.38. The smallest absolute Gasteiger partial charge is 0.253 e. The van der Waals surface area contributed by atoms with Crippen molar-refractivity contribution in [2.45, 2.75) is 20.0 Å². The molecular weight excluding hydrogens is 329 g/mol. The van der Waals surface area contributed by atoms with E-state index in [1.807, 2.05) is 31.2 Å². The molecule has 0 aliphatic rings. The third kappa shape index (κ3) is 4.45. The van der Waals surface area contributed by atoms with E-state index in [1.54, 1.807) is 30.5 Å². The molecule has 2 N–H and O–H groups in total. The lowest BCUT2D eigenvalue weighted by atomic mass is 10.1. The number of aryl methyl sites for hydroxylation is 1. The van der Waals surface area contributed by atoms with E-state index < -0.39 is 0 Å². The fourth-order valence-electron chi connectivity index (χ4n) is 2.59. The molecule has 0 bridgehead atoms. The predicted molar refractivity (Wildman–Crippen MR) is 100 cm³/mol. The van der Waals surface area contributed by atoms with Crippen LogP contribution in [0.25, 0.3) is 0 Å². The lowest BCUT2D eigenvalue weighted by Crippen LogP contribution is -2.23. The minimum absolute atomic E-state index is 0.199. The number of nitrogens with zero attached hydrogens (tertiary/aromatic N) is 1. The number of aromatic nitrogens is 1. The quantitative estimate of drug-likeness (QED) is 0.705. The zero-order chi connectivity index (χ0) is 18.4. The topological polar surface area (TPSA) is 54.0 Å². The normalized spacial score (nSPS) is 10.4. The molecular formula is C21H20FN3O. The summed E-state index contributed by atoms with van der Waals surface area (Å²) in [6.07, 6.45) is 3.13. The van der Waals surface area contributed by atoms with Crippen LogP contribution in [0.3, 0.4) is 0 Å². The summed E-state index contributed by atoms with van der Waals surface area (Å²) in [6, 6.07) is 16.2. The van der Waals surface area contributed by atoms with Crippen molar-refractivity contribution in [1.29, 1.82) is 0 Å². The number of pyridine rings is 1. The number of rotatable bonds is 6. The van der Waals surface area contributed by atoms with Gasteiger partial charge in [-0.15, -0.1) is 0 Å². The predicted octanol–water partition coefficient (Wildman–Crippen LogP) is 4.07. The van der Waals surface area contributed by atoms with Gasteiger partial charge in [0, 0.05) is 31.0 Å². The molecule has 1 amide bonds. The molecule has 26 heavy (non-hydrogen) atoms. The number of carbonyl (C=O) groups excluding carboxylic acids is 1. The largest absolute Gasteiger partial charge is 0.380 e. The molecule has 1 aromatic heterocycles. The van der Waals surface area contributed by atoms with Gasteiger partial charge in [-0.3, -0.25) is 9.78 Å².